The van der Waals surface area contributed by atoms with Crippen LogP contribution in [0.3, 0.4) is 0 Å². The summed E-state index contributed by atoms with van der Waals surface area (Å²) < 4.78 is 13.6. The lowest BCUT2D eigenvalue weighted by molar-refractivity contribution is 0.250. The first-order chi connectivity index (χ1) is 13.4. The molecule has 0 unspecified atom stereocenters. The monoisotopic (exact) mass is 385 g/mol. The maximum Gasteiger partial charge on any atom is 0.319 e. The Morgan fingerprint density at radius 1 is 1.04 bits per heavy atom. The molecular formula is C21H28FN5O. The molecule has 0 aromatic heterocycles. The molecule has 2 aromatic carbocycles. The molecule has 0 bridgehead atoms. The summed E-state index contributed by atoms with van der Waals surface area (Å²) in [6.07, 6.45) is 0. The number of amides is 2. The van der Waals surface area contributed by atoms with Crippen molar-refractivity contribution in [2.24, 2.45) is 4.99 Å². The van der Waals surface area contributed by atoms with Crippen LogP contribution in [0.5, 0.6) is 0 Å². The van der Waals surface area contributed by atoms with Crippen molar-refractivity contribution in [3.05, 3.63) is 65.0 Å². The van der Waals surface area contributed by atoms with Crippen LogP contribution in [0.4, 0.5) is 14.9 Å². The predicted octanol–water partition coefficient (Wildman–Crippen LogP) is 3.53. The van der Waals surface area contributed by atoms with Crippen molar-refractivity contribution in [1.82, 2.24) is 16.0 Å². The fraction of sp³-hybridized carbons (Fsp3) is 0.333. The van der Waals surface area contributed by atoms with Gasteiger partial charge in [-0.15, -0.1) is 0 Å². The van der Waals surface area contributed by atoms with Gasteiger partial charge in [0.05, 0.1) is 0 Å². The van der Waals surface area contributed by atoms with Crippen LogP contribution in [0.15, 0.2) is 47.5 Å². The minimum atomic E-state index is -0.224. The van der Waals surface area contributed by atoms with Gasteiger partial charge in [-0.25, -0.2) is 9.18 Å². The Morgan fingerprint density at radius 3 is 2.21 bits per heavy atom. The summed E-state index contributed by atoms with van der Waals surface area (Å²) in [7, 11) is 1.69. The molecular weight excluding hydrogens is 357 g/mol. The third-order valence-corrected chi connectivity index (χ3v) is 4.01. The van der Waals surface area contributed by atoms with Crippen molar-refractivity contribution in [2.75, 3.05) is 12.4 Å². The number of carbonyl (C=O) groups is 1. The normalized spacial score (nSPS) is 11.3. The molecule has 2 amide bonds. The number of benzene rings is 2. The number of guanidine groups is 1. The molecule has 0 atom stereocenters. The minimum absolute atomic E-state index is 0.0825. The van der Waals surface area contributed by atoms with Gasteiger partial charge in [-0.1, -0.05) is 24.3 Å². The highest BCUT2D eigenvalue weighted by atomic mass is 19.1. The van der Waals surface area contributed by atoms with Gasteiger partial charge in [0.15, 0.2) is 5.96 Å². The van der Waals surface area contributed by atoms with Crippen LogP contribution in [-0.2, 0) is 13.1 Å². The van der Waals surface area contributed by atoms with Gasteiger partial charge in [0.1, 0.15) is 5.82 Å². The first-order valence-corrected chi connectivity index (χ1v) is 9.23. The van der Waals surface area contributed by atoms with Gasteiger partial charge < -0.3 is 21.3 Å². The lowest BCUT2D eigenvalue weighted by Crippen LogP contribution is -2.36. The molecule has 2 rings (SSSR count). The molecule has 150 valence electrons. The molecule has 6 nitrogen and oxygen atoms in total. The third kappa shape index (κ3) is 6.90. The van der Waals surface area contributed by atoms with Crippen LogP contribution in [0.1, 0.15) is 30.5 Å². The number of hydrogen-bond donors (Lipinski definition) is 4. The zero-order chi connectivity index (χ0) is 20.5. The number of urea groups is 1. The number of aliphatic imine (C=N–C) groups is 1. The number of rotatable bonds is 6. The molecule has 7 heteroatoms. The Balaban J connectivity index is 1.82. The summed E-state index contributed by atoms with van der Waals surface area (Å²) in [6.45, 7) is 6.60. The van der Waals surface area contributed by atoms with Gasteiger partial charge in [0, 0.05) is 31.9 Å². The Bertz CT molecular complexity index is 818. The summed E-state index contributed by atoms with van der Waals surface area (Å²) in [5.74, 6) is 0.414. The highest BCUT2D eigenvalue weighted by Crippen LogP contribution is 2.10. The fourth-order valence-electron chi connectivity index (χ4n) is 2.47. The van der Waals surface area contributed by atoms with Crippen molar-refractivity contribution in [1.29, 1.82) is 0 Å². The Hall–Kier alpha value is -3.09. The number of carbonyl (C=O) groups excluding carboxylic acids is 1. The Labute approximate surface area is 165 Å². The van der Waals surface area contributed by atoms with E-state index in [1.165, 1.54) is 6.07 Å². The highest BCUT2D eigenvalue weighted by molar-refractivity contribution is 5.89. The van der Waals surface area contributed by atoms with Gasteiger partial charge in [-0.3, -0.25) is 4.99 Å². The standard InChI is InChI=1S/C21H28FN5O/c1-14(2)26-21(28)27-18-9-7-16(8-10-18)12-24-20(23-4)25-13-17-6-5-15(3)19(22)11-17/h5-11,14H,12-13H2,1-4H3,(H2,23,24,25)(H2,26,27,28). The van der Waals surface area contributed by atoms with E-state index in [1.54, 1.807) is 20.0 Å². The summed E-state index contributed by atoms with van der Waals surface area (Å²) in [6, 6.07) is 12.6. The quantitative estimate of drug-likeness (QED) is 0.454. The molecule has 0 saturated heterocycles. The topological polar surface area (TPSA) is 77.5 Å². The lowest BCUT2D eigenvalue weighted by Gasteiger charge is -2.13. The van der Waals surface area contributed by atoms with Gasteiger partial charge in [-0.2, -0.15) is 0 Å². The minimum Gasteiger partial charge on any atom is -0.352 e. The summed E-state index contributed by atoms with van der Waals surface area (Å²) >= 11 is 0. The van der Waals surface area contributed by atoms with E-state index >= 15 is 0 Å². The zero-order valence-electron chi connectivity index (χ0n) is 16.8. The average molecular weight is 385 g/mol. The molecule has 0 heterocycles. The number of nitrogens with zero attached hydrogens (tertiary/aromatic N) is 1. The molecule has 0 radical (unpaired) electrons. The molecule has 28 heavy (non-hydrogen) atoms. The Morgan fingerprint density at radius 2 is 1.64 bits per heavy atom. The number of halogens is 1. The van der Waals surface area contributed by atoms with E-state index in [0.717, 1.165) is 16.8 Å². The fourth-order valence-corrected chi connectivity index (χ4v) is 2.47. The smallest absolute Gasteiger partial charge is 0.319 e. The van der Waals surface area contributed by atoms with Crippen molar-refractivity contribution >= 4 is 17.7 Å². The molecule has 0 aliphatic heterocycles. The molecule has 0 aliphatic rings. The Kier molecular flexibility index (Phi) is 7.80. The van der Waals surface area contributed by atoms with Gasteiger partial charge in [0.25, 0.3) is 0 Å². The van der Waals surface area contributed by atoms with E-state index in [9.17, 15) is 9.18 Å². The van der Waals surface area contributed by atoms with E-state index < -0.39 is 0 Å². The number of nitrogens with one attached hydrogen (secondary N) is 4. The second-order valence-electron chi connectivity index (χ2n) is 6.81. The average Bonchev–Trinajstić information content (AvgIpc) is 2.65. The SMILES string of the molecule is CN=C(NCc1ccc(NC(=O)NC(C)C)cc1)NCc1ccc(C)c(F)c1. The molecule has 0 aliphatic carbocycles. The summed E-state index contributed by atoms with van der Waals surface area (Å²) in [5, 5.41) is 11.9. The second-order valence-corrected chi connectivity index (χ2v) is 6.81. The van der Waals surface area contributed by atoms with Gasteiger partial charge in [0.2, 0.25) is 0 Å². The molecule has 0 spiro atoms. The predicted molar refractivity (Wildman–Crippen MR) is 112 cm³/mol. The summed E-state index contributed by atoms with van der Waals surface area (Å²) in [4.78, 5) is 15.9. The van der Waals surface area contributed by atoms with Crippen LogP contribution < -0.4 is 21.3 Å². The van der Waals surface area contributed by atoms with Crippen LogP contribution in [0.2, 0.25) is 0 Å². The van der Waals surface area contributed by atoms with E-state index in [-0.39, 0.29) is 17.9 Å². The third-order valence-electron chi connectivity index (χ3n) is 4.01. The number of hydrogen-bond acceptors (Lipinski definition) is 2. The first kappa shape index (κ1) is 21.2. The van der Waals surface area contributed by atoms with Crippen LogP contribution >= 0.6 is 0 Å². The first-order valence-electron chi connectivity index (χ1n) is 9.23. The number of anilines is 1. The largest absolute Gasteiger partial charge is 0.352 e. The molecule has 4 N–H and O–H groups in total. The summed E-state index contributed by atoms with van der Waals surface area (Å²) in [5.41, 5.74) is 3.25. The van der Waals surface area contributed by atoms with Crippen molar-refractivity contribution < 1.29 is 9.18 Å². The van der Waals surface area contributed by atoms with Crippen LogP contribution in [0, 0.1) is 12.7 Å². The number of aryl methyl sites for hydroxylation is 1. The van der Waals surface area contributed by atoms with Gasteiger partial charge >= 0.3 is 6.03 Å². The van der Waals surface area contributed by atoms with E-state index in [0.29, 0.717) is 24.6 Å². The molecule has 2 aromatic rings. The van der Waals surface area contributed by atoms with E-state index in [2.05, 4.69) is 26.3 Å². The van der Waals surface area contributed by atoms with Gasteiger partial charge in [-0.05, 0) is 55.7 Å². The zero-order valence-corrected chi connectivity index (χ0v) is 16.8. The highest BCUT2D eigenvalue weighted by Gasteiger charge is 2.04. The van der Waals surface area contributed by atoms with Crippen molar-refractivity contribution in [3.63, 3.8) is 0 Å². The molecule has 0 saturated carbocycles. The van der Waals surface area contributed by atoms with Crippen LogP contribution in [0.25, 0.3) is 0 Å². The van der Waals surface area contributed by atoms with Crippen molar-refractivity contribution in [2.45, 2.75) is 39.9 Å². The van der Waals surface area contributed by atoms with Crippen molar-refractivity contribution in [3.8, 4) is 0 Å². The van der Waals surface area contributed by atoms with E-state index in [4.69, 9.17) is 0 Å². The van der Waals surface area contributed by atoms with E-state index in [1.807, 2.05) is 44.2 Å². The lowest BCUT2D eigenvalue weighted by atomic mass is 10.1. The molecule has 0 fully saturated rings. The maximum absolute atomic E-state index is 13.6. The van der Waals surface area contributed by atoms with Crippen LogP contribution in [-0.4, -0.2) is 25.1 Å². The second kappa shape index (κ2) is 10.3. The maximum atomic E-state index is 13.6.